The maximum atomic E-state index is 11.1. The quantitative estimate of drug-likeness (QED) is 0.928. The number of benzene rings is 1. The van der Waals surface area contributed by atoms with Crippen LogP contribution in [0.1, 0.15) is 48.8 Å². The summed E-state index contributed by atoms with van der Waals surface area (Å²) in [4.78, 5) is 15.7. The zero-order valence-corrected chi connectivity index (χ0v) is 12.0. The zero-order valence-electron chi connectivity index (χ0n) is 12.0. The van der Waals surface area contributed by atoms with Crippen molar-refractivity contribution < 1.29 is 9.90 Å². The Kier molecular flexibility index (Phi) is 3.04. The van der Waals surface area contributed by atoms with E-state index in [1.165, 1.54) is 25.7 Å². The minimum Gasteiger partial charge on any atom is -0.478 e. The van der Waals surface area contributed by atoms with Crippen molar-refractivity contribution in [2.45, 2.75) is 46.1 Å². The number of rotatable bonds is 3. The van der Waals surface area contributed by atoms with Crippen LogP contribution in [0.25, 0.3) is 11.0 Å². The van der Waals surface area contributed by atoms with Gasteiger partial charge in [-0.3, -0.25) is 0 Å². The van der Waals surface area contributed by atoms with Crippen molar-refractivity contribution in [2.75, 3.05) is 0 Å². The molecule has 0 radical (unpaired) electrons. The maximum Gasteiger partial charge on any atom is 0.335 e. The van der Waals surface area contributed by atoms with Gasteiger partial charge in [0.25, 0.3) is 0 Å². The lowest BCUT2D eigenvalue weighted by Crippen LogP contribution is -2.20. The van der Waals surface area contributed by atoms with E-state index in [0.29, 0.717) is 11.0 Å². The third-order valence-electron chi connectivity index (χ3n) is 4.54. The molecule has 0 amide bonds. The molecule has 4 heteroatoms. The number of nitrogens with zero attached hydrogens (tertiary/aromatic N) is 2. The number of carboxylic acids is 1. The van der Waals surface area contributed by atoms with Gasteiger partial charge in [0.2, 0.25) is 0 Å². The molecular weight excluding hydrogens is 252 g/mol. The Morgan fingerprint density at radius 3 is 2.75 bits per heavy atom. The van der Waals surface area contributed by atoms with Crippen molar-refractivity contribution in [3.8, 4) is 0 Å². The third-order valence-corrected chi connectivity index (χ3v) is 4.54. The smallest absolute Gasteiger partial charge is 0.335 e. The van der Waals surface area contributed by atoms with Crippen LogP contribution in [-0.2, 0) is 6.54 Å². The zero-order chi connectivity index (χ0) is 14.3. The Morgan fingerprint density at radius 2 is 2.10 bits per heavy atom. The van der Waals surface area contributed by atoms with Crippen LogP contribution in [0.4, 0.5) is 0 Å². The van der Waals surface area contributed by atoms with E-state index in [1.54, 1.807) is 18.2 Å². The molecule has 1 fully saturated rings. The van der Waals surface area contributed by atoms with Crippen LogP contribution >= 0.6 is 0 Å². The van der Waals surface area contributed by atoms with Crippen LogP contribution < -0.4 is 0 Å². The van der Waals surface area contributed by atoms with Gasteiger partial charge in [-0.25, -0.2) is 9.78 Å². The summed E-state index contributed by atoms with van der Waals surface area (Å²) in [5.74, 6) is 0.0834. The first-order valence-corrected chi connectivity index (χ1v) is 7.19. The topological polar surface area (TPSA) is 55.1 Å². The van der Waals surface area contributed by atoms with Crippen molar-refractivity contribution >= 4 is 17.0 Å². The summed E-state index contributed by atoms with van der Waals surface area (Å²) in [5, 5.41) is 9.15. The SMILES string of the molecule is Cc1nc2ccc(C(=O)O)cc2n1CC1(C)CCCC1. The number of carbonyl (C=O) groups is 1. The molecule has 0 aliphatic heterocycles. The number of hydrogen-bond acceptors (Lipinski definition) is 2. The van der Waals surface area contributed by atoms with E-state index in [9.17, 15) is 4.79 Å². The van der Waals surface area contributed by atoms with Crippen LogP contribution in [0.3, 0.4) is 0 Å². The Bertz CT molecular complexity index is 666. The number of carboxylic acid groups (broad SMARTS) is 1. The Morgan fingerprint density at radius 1 is 1.40 bits per heavy atom. The summed E-state index contributed by atoms with van der Waals surface area (Å²) in [6.07, 6.45) is 5.07. The molecule has 1 saturated carbocycles. The van der Waals surface area contributed by atoms with Gasteiger partial charge in [0, 0.05) is 6.54 Å². The predicted molar refractivity (Wildman–Crippen MR) is 78.0 cm³/mol. The number of imidazole rings is 1. The van der Waals surface area contributed by atoms with Crippen molar-refractivity contribution in [2.24, 2.45) is 5.41 Å². The molecule has 1 heterocycles. The summed E-state index contributed by atoms with van der Waals surface area (Å²) in [6, 6.07) is 5.17. The molecule has 3 rings (SSSR count). The number of fused-ring (bicyclic) bond motifs is 1. The highest BCUT2D eigenvalue weighted by Crippen LogP contribution is 2.39. The lowest BCUT2D eigenvalue weighted by Gasteiger charge is -2.25. The number of aryl methyl sites for hydroxylation is 1. The highest BCUT2D eigenvalue weighted by molar-refractivity contribution is 5.92. The van der Waals surface area contributed by atoms with Gasteiger partial charge in [0.1, 0.15) is 5.82 Å². The fraction of sp³-hybridized carbons (Fsp3) is 0.500. The molecule has 2 aromatic rings. The second-order valence-electron chi connectivity index (χ2n) is 6.27. The van der Waals surface area contributed by atoms with E-state index in [0.717, 1.165) is 23.4 Å². The molecule has 1 N–H and O–H groups in total. The molecule has 4 nitrogen and oxygen atoms in total. The van der Waals surface area contributed by atoms with Gasteiger partial charge in [0.05, 0.1) is 16.6 Å². The second kappa shape index (κ2) is 4.62. The van der Waals surface area contributed by atoms with E-state index < -0.39 is 5.97 Å². The average molecular weight is 272 g/mol. The first-order chi connectivity index (χ1) is 9.48. The van der Waals surface area contributed by atoms with E-state index in [2.05, 4.69) is 16.5 Å². The minimum absolute atomic E-state index is 0.317. The van der Waals surface area contributed by atoms with Gasteiger partial charge in [0.15, 0.2) is 0 Å². The highest BCUT2D eigenvalue weighted by atomic mass is 16.4. The van der Waals surface area contributed by atoms with E-state index in [4.69, 9.17) is 5.11 Å². The van der Waals surface area contributed by atoms with E-state index >= 15 is 0 Å². The molecule has 0 bridgehead atoms. The van der Waals surface area contributed by atoms with Crippen LogP contribution in [0.15, 0.2) is 18.2 Å². The molecule has 20 heavy (non-hydrogen) atoms. The number of aromatic nitrogens is 2. The lowest BCUT2D eigenvalue weighted by molar-refractivity contribution is 0.0697. The Labute approximate surface area is 118 Å². The molecular formula is C16H20N2O2. The highest BCUT2D eigenvalue weighted by Gasteiger charge is 2.30. The summed E-state index contributed by atoms with van der Waals surface area (Å²) in [6.45, 7) is 5.25. The van der Waals surface area contributed by atoms with Crippen molar-refractivity contribution in [1.82, 2.24) is 9.55 Å². The predicted octanol–water partition coefficient (Wildman–Crippen LogP) is 3.62. The number of aromatic carboxylic acids is 1. The summed E-state index contributed by atoms with van der Waals surface area (Å²) >= 11 is 0. The van der Waals surface area contributed by atoms with Crippen LogP contribution in [0.2, 0.25) is 0 Å². The van der Waals surface area contributed by atoms with Gasteiger partial charge >= 0.3 is 5.97 Å². The second-order valence-corrected chi connectivity index (χ2v) is 6.27. The lowest BCUT2D eigenvalue weighted by atomic mass is 9.88. The van der Waals surface area contributed by atoms with Gasteiger partial charge in [-0.05, 0) is 43.4 Å². The molecule has 0 spiro atoms. The minimum atomic E-state index is -0.885. The third kappa shape index (κ3) is 2.19. The molecule has 1 aliphatic carbocycles. The van der Waals surface area contributed by atoms with Gasteiger partial charge < -0.3 is 9.67 Å². The molecule has 0 saturated heterocycles. The van der Waals surface area contributed by atoms with Crippen LogP contribution in [0, 0.1) is 12.3 Å². The van der Waals surface area contributed by atoms with Crippen LogP contribution in [-0.4, -0.2) is 20.6 Å². The van der Waals surface area contributed by atoms with Crippen molar-refractivity contribution in [3.05, 3.63) is 29.6 Å². The normalized spacial score (nSPS) is 17.7. The summed E-state index contributed by atoms with van der Waals surface area (Å²) in [7, 11) is 0. The van der Waals surface area contributed by atoms with Crippen LogP contribution in [0.5, 0.6) is 0 Å². The Hall–Kier alpha value is -1.84. The largest absolute Gasteiger partial charge is 0.478 e. The monoisotopic (exact) mass is 272 g/mol. The number of hydrogen-bond donors (Lipinski definition) is 1. The molecule has 1 aromatic carbocycles. The summed E-state index contributed by atoms with van der Waals surface area (Å²) < 4.78 is 2.19. The molecule has 1 aliphatic rings. The fourth-order valence-corrected chi connectivity index (χ4v) is 3.34. The molecule has 0 atom stereocenters. The molecule has 1 aromatic heterocycles. The first-order valence-electron chi connectivity index (χ1n) is 7.19. The van der Waals surface area contributed by atoms with Crippen molar-refractivity contribution in [1.29, 1.82) is 0 Å². The van der Waals surface area contributed by atoms with E-state index in [-0.39, 0.29) is 0 Å². The van der Waals surface area contributed by atoms with Gasteiger partial charge in [-0.2, -0.15) is 0 Å². The first kappa shape index (κ1) is 13.2. The van der Waals surface area contributed by atoms with E-state index in [1.807, 2.05) is 6.92 Å². The van der Waals surface area contributed by atoms with Gasteiger partial charge in [-0.1, -0.05) is 19.8 Å². The summed E-state index contributed by atoms with van der Waals surface area (Å²) in [5.41, 5.74) is 2.47. The molecule has 106 valence electrons. The maximum absolute atomic E-state index is 11.1. The fourth-order valence-electron chi connectivity index (χ4n) is 3.34. The standard InChI is InChI=1S/C16H20N2O2/c1-11-17-13-6-5-12(15(19)20)9-14(13)18(11)10-16(2)7-3-4-8-16/h5-6,9H,3-4,7-8,10H2,1-2H3,(H,19,20). The van der Waals surface area contributed by atoms with Gasteiger partial charge in [-0.15, -0.1) is 0 Å². The average Bonchev–Trinajstić information content (AvgIpc) is 2.95. The molecule has 0 unspecified atom stereocenters. The Balaban J connectivity index is 2.06. The van der Waals surface area contributed by atoms with Crippen molar-refractivity contribution in [3.63, 3.8) is 0 Å².